The minimum Gasteiger partial charge on any atom is -0.480 e. The monoisotopic (exact) mass is 260 g/mol. The Labute approximate surface area is 78.1 Å². The van der Waals surface area contributed by atoms with Crippen LogP contribution in [0.2, 0.25) is 0 Å². The van der Waals surface area contributed by atoms with Gasteiger partial charge in [-0.2, -0.15) is 5.26 Å². The quantitative estimate of drug-likeness (QED) is 0.720. The molecule has 1 rings (SSSR count). The fourth-order valence-electron chi connectivity index (χ4n) is 0.676. The summed E-state index contributed by atoms with van der Waals surface area (Å²) in [4.78, 5) is 3.88. The molecule has 56 valence electrons. The number of halogens is 1. The van der Waals surface area contributed by atoms with Crippen LogP contribution in [0.5, 0.6) is 5.88 Å². The molecule has 1 heterocycles. The van der Waals surface area contributed by atoms with Crippen molar-refractivity contribution in [3.05, 3.63) is 21.4 Å². The first-order valence-corrected chi connectivity index (χ1v) is 3.96. The van der Waals surface area contributed by atoms with E-state index in [2.05, 4.69) is 27.6 Å². The van der Waals surface area contributed by atoms with Crippen LogP contribution < -0.4 is 4.74 Å². The van der Waals surface area contributed by atoms with E-state index in [0.717, 1.165) is 3.57 Å². The average Bonchev–Trinajstić information content (AvgIpc) is 2.04. The summed E-state index contributed by atoms with van der Waals surface area (Å²) in [6, 6.07) is 3.79. The van der Waals surface area contributed by atoms with E-state index in [0.29, 0.717) is 11.4 Å². The second-order valence-corrected chi connectivity index (χ2v) is 2.95. The van der Waals surface area contributed by atoms with Gasteiger partial charge in [0.15, 0.2) is 0 Å². The Morgan fingerprint density at radius 1 is 1.73 bits per heavy atom. The van der Waals surface area contributed by atoms with E-state index in [9.17, 15) is 0 Å². The van der Waals surface area contributed by atoms with Crippen molar-refractivity contribution < 1.29 is 4.74 Å². The Hall–Kier alpha value is -0.830. The maximum absolute atomic E-state index is 8.66. The molecule has 0 aliphatic heterocycles. The van der Waals surface area contributed by atoms with Gasteiger partial charge in [-0.05, 0) is 28.7 Å². The molecule has 4 heteroatoms. The van der Waals surface area contributed by atoms with Crippen molar-refractivity contribution in [3.8, 4) is 11.9 Å². The summed E-state index contributed by atoms with van der Waals surface area (Å²) in [5.74, 6) is 0.388. The molecule has 0 saturated carbocycles. The lowest BCUT2D eigenvalue weighted by Gasteiger charge is -2.00. The molecule has 11 heavy (non-hydrogen) atoms. The normalized spacial score (nSPS) is 8.82. The highest BCUT2D eigenvalue weighted by atomic mass is 127. The van der Waals surface area contributed by atoms with Crippen LogP contribution in [0, 0.1) is 14.9 Å². The Morgan fingerprint density at radius 2 is 2.45 bits per heavy atom. The van der Waals surface area contributed by atoms with Gasteiger partial charge < -0.3 is 4.74 Å². The van der Waals surface area contributed by atoms with E-state index in [1.54, 1.807) is 12.3 Å². The number of ether oxygens (including phenoxy) is 1. The number of nitrogens with zero attached hydrogens (tertiary/aromatic N) is 2. The summed E-state index contributed by atoms with van der Waals surface area (Å²) < 4.78 is 5.74. The van der Waals surface area contributed by atoms with E-state index in [-0.39, 0.29) is 0 Å². The average molecular weight is 260 g/mol. The molecule has 0 bridgehead atoms. The highest BCUT2D eigenvalue weighted by molar-refractivity contribution is 14.1. The van der Waals surface area contributed by atoms with Gasteiger partial charge in [-0.15, -0.1) is 0 Å². The van der Waals surface area contributed by atoms with Gasteiger partial charge in [0, 0.05) is 9.77 Å². The first-order chi connectivity index (χ1) is 5.29. The number of hydrogen-bond donors (Lipinski definition) is 0. The Kier molecular flexibility index (Phi) is 2.65. The van der Waals surface area contributed by atoms with Crippen molar-refractivity contribution in [3.63, 3.8) is 0 Å². The SMILES string of the molecule is COc1nccc(I)c1C#N. The number of rotatable bonds is 1. The van der Waals surface area contributed by atoms with Crippen molar-refractivity contribution in [1.82, 2.24) is 4.98 Å². The number of nitriles is 1. The fraction of sp³-hybridized carbons (Fsp3) is 0.143. The zero-order valence-corrected chi connectivity index (χ0v) is 7.99. The summed E-state index contributed by atoms with van der Waals surface area (Å²) >= 11 is 2.07. The molecule has 0 aliphatic carbocycles. The van der Waals surface area contributed by atoms with E-state index in [4.69, 9.17) is 10.00 Å². The van der Waals surface area contributed by atoms with Crippen LogP contribution >= 0.6 is 22.6 Å². The molecule has 0 aromatic carbocycles. The molecule has 0 radical (unpaired) electrons. The Bertz CT molecular complexity index is 306. The van der Waals surface area contributed by atoms with Gasteiger partial charge in [-0.25, -0.2) is 4.98 Å². The third-order valence-electron chi connectivity index (χ3n) is 1.17. The van der Waals surface area contributed by atoms with Crippen LogP contribution in [0.1, 0.15) is 5.56 Å². The third-order valence-corrected chi connectivity index (χ3v) is 2.07. The van der Waals surface area contributed by atoms with Crippen LogP contribution in [0.25, 0.3) is 0 Å². The summed E-state index contributed by atoms with van der Waals surface area (Å²) in [6.45, 7) is 0. The van der Waals surface area contributed by atoms with Crippen molar-refractivity contribution in [2.45, 2.75) is 0 Å². The smallest absolute Gasteiger partial charge is 0.232 e. The van der Waals surface area contributed by atoms with Crippen molar-refractivity contribution in [2.75, 3.05) is 7.11 Å². The minimum absolute atomic E-state index is 0.388. The van der Waals surface area contributed by atoms with Gasteiger partial charge in [0.25, 0.3) is 0 Å². The molecule has 0 unspecified atom stereocenters. The second kappa shape index (κ2) is 3.53. The molecule has 0 N–H and O–H groups in total. The van der Waals surface area contributed by atoms with Crippen LogP contribution in [0.4, 0.5) is 0 Å². The standard InChI is InChI=1S/C7H5IN2O/c1-11-7-5(4-9)6(8)2-3-10-7/h2-3H,1H3. The first kappa shape index (κ1) is 8.27. The molecule has 3 nitrogen and oxygen atoms in total. The highest BCUT2D eigenvalue weighted by Gasteiger charge is 2.05. The fourth-order valence-corrected chi connectivity index (χ4v) is 1.19. The van der Waals surface area contributed by atoms with E-state index < -0.39 is 0 Å². The van der Waals surface area contributed by atoms with Crippen molar-refractivity contribution in [1.29, 1.82) is 5.26 Å². The zero-order chi connectivity index (χ0) is 8.27. The summed E-state index contributed by atoms with van der Waals surface area (Å²) in [6.07, 6.45) is 1.61. The van der Waals surface area contributed by atoms with Gasteiger partial charge in [-0.3, -0.25) is 0 Å². The lowest BCUT2D eigenvalue weighted by Crippen LogP contribution is -1.93. The molecule has 0 amide bonds. The minimum atomic E-state index is 0.388. The summed E-state index contributed by atoms with van der Waals surface area (Å²) in [7, 11) is 1.50. The van der Waals surface area contributed by atoms with Crippen molar-refractivity contribution in [2.24, 2.45) is 0 Å². The maximum atomic E-state index is 8.66. The third kappa shape index (κ3) is 1.60. The molecule has 0 saturated heterocycles. The summed E-state index contributed by atoms with van der Waals surface area (Å²) in [5.41, 5.74) is 0.496. The zero-order valence-electron chi connectivity index (χ0n) is 5.84. The Morgan fingerprint density at radius 3 is 2.91 bits per heavy atom. The maximum Gasteiger partial charge on any atom is 0.232 e. The number of aromatic nitrogens is 1. The summed E-state index contributed by atoms with van der Waals surface area (Å²) in [5, 5.41) is 8.66. The molecule has 1 aromatic rings. The van der Waals surface area contributed by atoms with Gasteiger partial charge in [0.05, 0.1) is 7.11 Å². The molecule has 0 atom stereocenters. The van der Waals surface area contributed by atoms with E-state index in [1.165, 1.54) is 7.11 Å². The van der Waals surface area contributed by atoms with Crippen molar-refractivity contribution >= 4 is 22.6 Å². The van der Waals surface area contributed by atoms with Crippen LogP contribution in [-0.2, 0) is 0 Å². The van der Waals surface area contributed by atoms with Crippen LogP contribution in [0.15, 0.2) is 12.3 Å². The molecule has 0 aliphatic rings. The van der Waals surface area contributed by atoms with Crippen LogP contribution in [-0.4, -0.2) is 12.1 Å². The number of pyridine rings is 1. The Balaban J connectivity index is 3.27. The lowest BCUT2D eigenvalue weighted by atomic mass is 10.3. The van der Waals surface area contributed by atoms with Crippen LogP contribution in [0.3, 0.4) is 0 Å². The number of methoxy groups -OCH3 is 1. The predicted octanol–water partition coefficient (Wildman–Crippen LogP) is 1.57. The van der Waals surface area contributed by atoms with Gasteiger partial charge in [-0.1, -0.05) is 0 Å². The van der Waals surface area contributed by atoms with Gasteiger partial charge in [0.2, 0.25) is 5.88 Å². The largest absolute Gasteiger partial charge is 0.480 e. The first-order valence-electron chi connectivity index (χ1n) is 2.88. The molecular weight excluding hydrogens is 255 g/mol. The predicted molar refractivity (Wildman–Crippen MR) is 48.2 cm³/mol. The lowest BCUT2D eigenvalue weighted by molar-refractivity contribution is 0.396. The van der Waals surface area contributed by atoms with E-state index >= 15 is 0 Å². The van der Waals surface area contributed by atoms with E-state index in [1.807, 2.05) is 6.07 Å². The van der Waals surface area contributed by atoms with Gasteiger partial charge in [0.1, 0.15) is 11.6 Å². The highest BCUT2D eigenvalue weighted by Crippen LogP contribution is 2.18. The molecule has 0 fully saturated rings. The second-order valence-electron chi connectivity index (χ2n) is 1.79. The molecular formula is C7H5IN2O. The number of hydrogen-bond acceptors (Lipinski definition) is 3. The topological polar surface area (TPSA) is 45.9 Å². The molecule has 1 aromatic heterocycles. The van der Waals surface area contributed by atoms with Gasteiger partial charge >= 0.3 is 0 Å². The molecule has 0 spiro atoms.